The van der Waals surface area contributed by atoms with Crippen LogP contribution in [0.1, 0.15) is 39.0 Å². The molecule has 0 spiro atoms. The molecule has 0 radical (unpaired) electrons. The summed E-state index contributed by atoms with van der Waals surface area (Å²) in [7, 11) is -5.76. The number of rotatable bonds is 4. The highest BCUT2D eigenvalue weighted by Crippen LogP contribution is 2.32. The molecule has 116 valence electrons. The largest absolute Gasteiger partial charge is 0.534 e. The molecule has 0 saturated heterocycles. The summed E-state index contributed by atoms with van der Waals surface area (Å²) in [6.07, 6.45) is 1.78. The van der Waals surface area contributed by atoms with E-state index in [0.717, 1.165) is 0 Å². The first kappa shape index (κ1) is 16.8. The van der Waals surface area contributed by atoms with E-state index >= 15 is 0 Å². The Hall–Kier alpha value is -1.25. The Kier molecular flexibility index (Phi) is 5.43. The van der Waals surface area contributed by atoms with Gasteiger partial charge in [-0.1, -0.05) is 6.42 Å². The summed E-state index contributed by atoms with van der Waals surface area (Å²) < 4.78 is 67.8. The van der Waals surface area contributed by atoms with Gasteiger partial charge in [0.1, 0.15) is 5.76 Å². The molecule has 0 aromatic heterocycles. The number of hydrogen-bond acceptors (Lipinski definition) is 5. The third kappa shape index (κ3) is 4.12. The fourth-order valence-corrected chi connectivity index (χ4v) is 2.30. The fraction of sp³-hybridized carbons (Fsp3) is 0.727. The number of esters is 1. The normalized spacial score (nSPS) is 17.6. The van der Waals surface area contributed by atoms with Crippen molar-refractivity contribution in [2.75, 3.05) is 6.61 Å². The number of carbonyl (C=O) groups excluding carboxylic acids is 1. The van der Waals surface area contributed by atoms with Crippen LogP contribution in [0.4, 0.5) is 13.2 Å². The molecule has 9 heteroatoms. The van der Waals surface area contributed by atoms with Crippen LogP contribution < -0.4 is 0 Å². The van der Waals surface area contributed by atoms with Gasteiger partial charge in [0, 0.05) is 6.42 Å². The van der Waals surface area contributed by atoms with Gasteiger partial charge >= 0.3 is 21.6 Å². The summed E-state index contributed by atoms with van der Waals surface area (Å²) in [5.74, 6) is -1.29. The first-order valence-electron chi connectivity index (χ1n) is 6.09. The van der Waals surface area contributed by atoms with Crippen LogP contribution in [0.25, 0.3) is 0 Å². The predicted molar refractivity (Wildman–Crippen MR) is 62.8 cm³/mol. The van der Waals surface area contributed by atoms with Crippen molar-refractivity contribution in [2.45, 2.75) is 44.5 Å². The highest BCUT2D eigenvalue weighted by molar-refractivity contribution is 7.87. The van der Waals surface area contributed by atoms with E-state index in [-0.39, 0.29) is 25.0 Å². The summed E-state index contributed by atoms with van der Waals surface area (Å²) in [5, 5.41) is 0. The van der Waals surface area contributed by atoms with Crippen molar-refractivity contribution in [1.29, 1.82) is 0 Å². The summed E-state index contributed by atoms with van der Waals surface area (Å²) >= 11 is 0. The van der Waals surface area contributed by atoms with Crippen LogP contribution in [0.15, 0.2) is 11.3 Å². The molecule has 5 nitrogen and oxygen atoms in total. The molecular formula is C11H15F3O5S. The number of alkyl halides is 3. The predicted octanol–water partition coefficient (Wildman–Crippen LogP) is 2.63. The standard InChI is InChI=1S/C11H15F3O5S/c1-2-18-10(15)8-6-4-3-5-7-9(8)19-20(16,17)11(12,13)14/h2-7H2,1H3. The Morgan fingerprint density at radius 2 is 1.80 bits per heavy atom. The molecular weight excluding hydrogens is 301 g/mol. The first-order valence-corrected chi connectivity index (χ1v) is 7.49. The summed E-state index contributed by atoms with van der Waals surface area (Å²) in [6, 6.07) is 0. The maximum Gasteiger partial charge on any atom is 0.534 e. The quantitative estimate of drug-likeness (QED) is 0.453. The Bertz CT molecular complexity index is 493. The molecule has 0 saturated carbocycles. The molecule has 1 aliphatic rings. The van der Waals surface area contributed by atoms with Gasteiger partial charge in [-0.25, -0.2) is 4.79 Å². The maximum absolute atomic E-state index is 12.3. The lowest BCUT2D eigenvalue weighted by atomic mass is 10.1. The third-order valence-electron chi connectivity index (χ3n) is 2.68. The van der Waals surface area contributed by atoms with Gasteiger partial charge in [0.25, 0.3) is 0 Å². The van der Waals surface area contributed by atoms with Gasteiger partial charge < -0.3 is 8.92 Å². The zero-order valence-electron chi connectivity index (χ0n) is 10.8. The lowest BCUT2D eigenvalue weighted by molar-refractivity contribution is -0.138. The topological polar surface area (TPSA) is 69.7 Å². The van der Waals surface area contributed by atoms with Gasteiger partial charge in [0.15, 0.2) is 0 Å². The Balaban J connectivity index is 3.09. The maximum atomic E-state index is 12.3. The highest BCUT2D eigenvalue weighted by atomic mass is 32.2. The molecule has 0 bridgehead atoms. The van der Waals surface area contributed by atoms with Gasteiger partial charge in [-0.05, 0) is 26.2 Å². The van der Waals surface area contributed by atoms with Crippen LogP contribution in [-0.4, -0.2) is 26.5 Å². The lowest BCUT2D eigenvalue weighted by Crippen LogP contribution is -2.26. The van der Waals surface area contributed by atoms with Crippen LogP contribution in [-0.2, 0) is 23.8 Å². The van der Waals surface area contributed by atoms with E-state index in [1.54, 1.807) is 6.92 Å². The average Bonchev–Trinajstić information content (AvgIpc) is 2.52. The second kappa shape index (κ2) is 6.47. The Morgan fingerprint density at radius 1 is 1.20 bits per heavy atom. The van der Waals surface area contributed by atoms with Crippen LogP contribution in [0.5, 0.6) is 0 Å². The minimum absolute atomic E-state index is 0.0382. The fourth-order valence-electron chi connectivity index (χ4n) is 1.76. The molecule has 0 heterocycles. The molecule has 20 heavy (non-hydrogen) atoms. The monoisotopic (exact) mass is 316 g/mol. The van der Waals surface area contributed by atoms with Crippen LogP contribution >= 0.6 is 0 Å². The molecule has 0 aliphatic heterocycles. The van der Waals surface area contributed by atoms with Gasteiger partial charge in [0.2, 0.25) is 0 Å². The minimum Gasteiger partial charge on any atom is -0.463 e. The van der Waals surface area contributed by atoms with E-state index in [1.807, 2.05) is 0 Å². The number of halogens is 3. The molecule has 0 unspecified atom stereocenters. The molecule has 0 N–H and O–H groups in total. The van der Waals surface area contributed by atoms with E-state index in [1.165, 1.54) is 0 Å². The summed E-state index contributed by atoms with van der Waals surface area (Å²) in [5.41, 5.74) is -5.65. The van der Waals surface area contributed by atoms with E-state index in [4.69, 9.17) is 4.74 Å². The molecule has 0 aromatic rings. The van der Waals surface area contributed by atoms with Crippen molar-refractivity contribution < 1.29 is 35.3 Å². The van der Waals surface area contributed by atoms with Gasteiger partial charge in [-0.3, -0.25) is 0 Å². The number of allylic oxidation sites excluding steroid dienone is 1. The smallest absolute Gasteiger partial charge is 0.463 e. The lowest BCUT2D eigenvalue weighted by Gasteiger charge is -2.14. The molecule has 0 amide bonds. The Morgan fingerprint density at radius 3 is 2.35 bits per heavy atom. The van der Waals surface area contributed by atoms with Crippen molar-refractivity contribution >= 4 is 16.1 Å². The van der Waals surface area contributed by atoms with Gasteiger partial charge in [-0.2, -0.15) is 21.6 Å². The average molecular weight is 316 g/mol. The molecule has 0 fully saturated rings. The van der Waals surface area contributed by atoms with E-state index in [0.29, 0.717) is 19.3 Å². The van der Waals surface area contributed by atoms with Crippen molar-refractivity contribution in [3.63, 3.8) is 0 Å². The van der Waals surface area contributed by atoms with E-state index in [9.17, 15) is 26.4 Å². The van der Waals surface area contributed by atoms with Crippen molar-refractivity contribution in [1.82, 2.24) is 0 Å². The highest BCUT2D eigenvalue weighted by Gasteiger charge is 2.49. The summed E-state index contributed by atoms with van der Waals surface area (Å²) in [4.78, 5) is 11.7. The van der Waals surface area contributed by atoms with Crippen molar-refractivity contribution in [3.05, 3.63) is 11.3 Å². The summed E-state index contributed by atoms with van der Waals surface area (Å²) in [6.45, 7) is 1.59. The van der Waals surface area contributed by atoms with Gasteiger partial charge in [0.05, 0.1) is 12.2 Å². The molecule has 1 aliphatic carbocycles. The Labute approximate surface area is 114 Å². The van der Waals surface area contributed by atoms with Crippen LogP contribution in [0.2, 0.25) is 0 Å². The minimum atomic E-state index is -5.76. The second-order valence-electron chi connectivity index (χ2n) is 4.17. The van der Waals surface area contributed by atoms with E-state index < -0.39 is 27.4 Å². The van der Waals surface area contributed by atoms with Crippen molar-refractivity contribution in [3.8, 4) is 0 Å². The third-order valence-corrected chi connectivity index (χ3v) is 3.67. The number of hydrogen-bond donors (Lipinski definition) is 0. The first-order chi connectivity index (χ1) is 9.19. The molecule has 0 atom stereocenters. The van der Waals surface area contributed by atoms with Crippen LogP contribution in [0, 0.1) is 0 Å². The molecule has 0 aromatic carbocycles. The van der Waals surface area contributed by atoms with Crippen molar-refractivity contribution in [2.24, 2.45) is 0 Å². The van der Waals surface area contributed by atoms with E-state index in [2.05, 4.69) is 4.18 Å². The van der Waals surface area contributed by atoms with Crippen LogP contribution in [0.3, 0.4) is 0 Å². The zero-order valence-corrected chi connectivity index (χ0v) is 11.6. The zero-order chi connectivity index (χ0) is 15.4. The molecule has 1 rings (SSSR count). The SMILES string of the molecule is CCOC(=O)C1=C(OS(=O)(=O)C(F)(F)F)CCCCC1. The number of ether oxygens (including phenoxy) is 1. The van der Waals surface area contributed by atoms with Gasteiger partial charge in [-0.15, -0.1) is 0 Å². The number of carbonyl (C=O) groups is 1. The second-order valence-corrected chi connectivity index (χ2v) is 5.70.